The molecule has 0 spiro atoms. The molecule has 3 N–H and O–H groups in total. The van der Waals surface area contributed by atoms with Gasteiger partial charge in [-0.3, -0.25) is 9.52 Å². The first-order valence-electron chi connectivity index (χ1n) is 8.01. The summed E-state index contributed by atoms with van der Waals surface area (Å²) in [7, 11) is -3.74. The largest absolute Gasteiger partial charge is 0.326 e. The van der Waals surface area contributed by atoms with Crippen molar-refractivity contribution in [2.75, 3.05) is 16.6 Å². The number of carbonyl (C=O) groups excluding carboxylic acids is 1. The van der Waals surface area contributed by atoms with Crippen LogP contribution in [0.15, 0.2) is 40.7 Å². The average molecular weight is 380 g/mol. The van der Waals surface area contributed by atoms with Crippen molar-refractivity contribution in [2.24, 2.45) is 5.92 Å². The molecule has 0 aliphatic carbocycles. The van der Waals surface area contributed by atoms with Crippen LogP contribution in [0.5, 0.6) is 0 Å². The van der Waals surface area contributed by atoms with Crippen LogP contribution < -0.4 is 15.4 Å². The van der Waals surface area contributed by atoms with Gasteiger partial charge in [-0.2, -0.15) is 0 Å². The molecule has 9 heteroatoms. The predicted octanol–water partition coefficient (Wildman–Crippen LogP) is 2.27. The quantitative estimate of drug-likeness (QED) is 0.739. The van der Waals surface area contributed by atoms with Crippen LogP contribution in [-0.2, 0) is 14.8 Å². The van der Waals surface area contributed by atoms with Crippen LogP contribution in [0.4, 0.5) is 10.8 Å². The van der Waals surface area contributed by atoms with E-state index in [1.54, 1.807) is 17.5 Å². The molecule has 0 unspecified atom stereocenters. The van der Waals surface area contributed by atoms with Crippen molar-refractivity contribution < 1.29 is 13.2 Å². The Bertz CT molecular complexity index is 837. The van der Waals surface area contributed by atoms with Gasteiger partial charge in [-0.15, -0.1) is 11.3 Å². The lowest BCUT2D eigenvalue weighted by Gasteiger charge is -2.27. The molecule has 1 saturated heterocycles. The van der Waals surface area contributed by atoms with E-state index < -0.39 is 10.0 Å². The number of anilines is 2. The number of nitrogens with zero attached hydrogens (tertiary/aromatic N) is 1. The highest BCUT2D eigenvalue weighted by molar-refractivity contribution is 7.93. The number of piperidine rings is 1. The van der Waals surface area contributed by atoms with Gasteiger partial charge in [0, 0.05) is 29.2 Å². The monoisotopic (exact) mass is 380 g/mol. The summed E-state index contributed by atoms with van der Waals surface area (Å²) in [6, 6.07) is 6.54. The maximum atomic E-state index is 12.4. The average Bonchev–Trinajstić information content (AvgIpc) is 3.07. The second kappa shape index (κ2) is 7.51. The van der Waals surface area contributed by atoms with E-state index in [0.29, 0.717) is 16.9 Å². The number of benzene rings is 1. The summed E-state index contributed by atoms with van der Waals surface area (Å²) in [6.07, 6.45) is 3.08. The van der Waals surface area contributed by atoms with Crippen molar-refractivity contribution in [1.29, 1.82) is 0 Å². The molecule has 0 saturated carbocycles. The van der Waals surface area contributed by atoms with Gasteiger partial charge in [-0.05, 0) is 44.5 Å². The number of nitrogens with one attached hydrogen (secondary N) is 3. The molecule has 2 atom stereocenters. The topological polar surface area (TPSA) is 100 Å². The van der Waals surface area contributed by atoms with Crippen molar-refractivity contribution in [1.82, 2.24) is 10.3 Å². The van der Waals surface area contributed by atoms with Crippen LogP contribution in [0.25, 0.3) is 0 Å². The van der Waals surface area contributed by atoms with E-state index in [9.17, 15) is 13.2 Å². The molecule has 1 fully saturated rings. The summed E-state index contributed by atoms with van der Waals surface area (Å²) >= 11 is 1.20. The number of amides is 1. The van der Waals surface area contributed by atoms with Crippen molar-refractivity contribution in [3.63, 3.8) is 0 Å². The lowest BCUT2D eigenvalue weighted by molar-refractivity contribution is -0.120. The van der Waals surface area contributed by atoms with E-state index in [0.717, 1.165) is 19.4 Å². The Balaban J connectivity index is 1.71. The second-order valence-corrected chi connectivity index (χ2v) is 8.61. The normalized spacial score (nSPS) is 20.8. The van der Waals surface area contributed by atoms with Gasteiger partial charge in [-0.1, -0.05) is 6.07 Å². The van der Waals surface area contributed by atoms with Gasteiger partial charge >= 0.3 is 0 Å². The predicted molar refractivity (Wildman–Crippen MR) is 98.2 cm³/mol. The summed E-state index contributed by atoms with van der Waals surface area (Å²) in [5.74, 6) is -0.138. The Labute approximate surface area is 150 Å². The fourth-order valence-electron chi connectivity index (χ4n) is 2.80. The van der Waals surface area contributed by atoms with E-state index in [4.69, 9.17) is 0 Å². The molecular formula is C16H20N4O3S2. The Kier molecular flexibility index (Phi) is 5.36. The molecule has 1 aromatic carbocycles. The molecule has 25 heavy (non-hydrogen) atoms. The molecule has 1 aliphatic rings. The first kappa shape index (κ1) is 17.8. The molecule has 1 amide bonds. The number of aromatic nitrogens is 1. The van der Waals surface area contributed by atoms with Crippen LogP contribution >= 0.6 is 11.3 Å². The third-order valence-electron chi connectivity index (χ3n) is 4.06. The second-order valence-electron chi connectivity index (χ2n) is 6.04. The Hall–Kier alpha value is -1.97. The van der Waals surface area contributed by atoms with Gasteiger partial charge in [0.1, 0.15) is 0 Å². The summed E-state index contributed by atoms with van der Waals surface area (Å²) in [5.41, 5.74) is 0.471. The third kappa shape index (κ3) is 4.56. The zero-order valence-electron chi connectivity index (χ0n) is 13.7. The lowest BCUT2D eigenvalue weighted by atomic mass is 9.92. The van der Waals surface area contributed by atoms with Crippen LogP contribution in [0.2, 0.25) is 0 Å². The minimum absolute atomic E-state index is 0.0649. The van der Waals surface area contributed by atoms with Crippen LogP contribution in [0.3, 0.4) is 0 Å². The van der Waals surface area contributed by atoms with E-state index in [1.807, 2.05) is 0 Å². The van der Waals surface area contributed by atoms with Gasteiger partial charge in [0.05, 0.1) is 4.90 Å². The maximum Gasteiger partial charge on any atom is 0.263 e. The van der Waals surface area contributed by atoms with Crippen molar-refractivity contribution in [2.45, 2.75) is 30.7 Å². The Morgan fingerprint density at radius 2 is 2.24 bits per heavy atom. The molecule has 7 nitrogen and oxygen atoms in total. The number of thiazole rings is 1. The van der Waals surface area contributed by atoms with Gasteiger partial charge in [-0.25, -0.2) is 13.4 Å². The minimum atomic E-state index is -3.74. The van der Waals surface area contributed by atoms with Crippen LogP contribution in [0, 0.1) is 5.92 Å². The van der Waals surface area contributed by atoms with Crippen LogP contribution in [0.1, 0.15) is 19.8 Å². The Morgan fingerprint density at radius 3 is 2.96 bits per heavy atom. The first-order chi connectivity index (χ1) is 11.9. The first-order valence-corrected chi connectivity index (χ1v) is 10.4. The SMILES string of the molecule is C[C@H]1C[C@@H](C(=O)Nc2cccc(S(=O)(=O)Nc3nccs3)c2)CCN1. The summed E-state index contributed by atoms with van der Waals surface area (Å²) in [4.78, 5) is 16.4. The number of carbonyl (C=O) groups is 1. The van der Waals surface area contributed by atoms with Crippen molar-refractivity contribution >= 4 is 38.1 Å². The number of sulfonamides is 1. The van der Waals surface area contributed by atoms with Crippen LogP contribution in [-0.4, -0.2) is 31.9 Å². The molecule has 1 aliphatic heterocycles. The fraction of sp³-hybridized carbons (Fsp3) is 0.375. The highest BCUT2D eigenvalue weighted by atomic mass is 32.2. The summed E-state index contributed by atoms with van der Waals surface area (Å²) in [6.45, 7) is 2.86. The van der Waals surface area contributed by atoms with E-state index in [-0.39, 0.29) is 16.7 Å². The minimum Gasteiger partial charge on any atom is -0.326 e. The molecular weight excluding hydrogens is 360 g/mol. The zero-order valence-corrected chi connectivity index (χ0v) is 15.4. The van der Waals surface area contributed by atoms with Crippen molar-refractivity contribution in [3.8, 4) is 0 Å². The van der Waals surface area contributed by atoms with E-state index >= 15 is 0 Å². The van der Waals surface area contributed by atoms with Gasteiger partial charge in [0.25, 0.3) is 10.0 Å². The van der Waals surface area contributed by atoms with E-state index in [2.05, 4.69) is 27.3 Å². The summed E-state index contributed by atoms with van der Waals surface area (Å²) in [5, 5.41) is 8.13. The standard InChI is InChI=1S/C16H20N4O3S2/c1-11-9-12(5-6-17-11)15(21)19-13-3-2-4-14(10-13)25(22,23)20-16-18-7-8-24-16/h2-4,7-8,10-12,17H,5-6,9H2,1H3,(H,18,20)(H,19,21)/t11-,12-/m0/s1. The molecule has 0 radical (unpaired) electrons. The number of hydrogen-bond acceptors (Lipinski definition) is 6. The zero-order chi connectivity index (χ0) is 17.9. The number of hydrogen-bond donors (Lipinski definition) is 3. The van der Waals surface area contributed by atoms with E-state index in [1.165, 1.54) is 29.7 Å². The molecule has 2 heterocycles. The number of rotatable bonds is 5. The smallest absolute Gasteiger partial charge is 0.263 e. The lowest BCUT2D eigenvalue weighted by Crippen LogP contribution is -2.40. The molecule has 134 valence electrons. The molecule has 2 aromatic rings. The highest BCUT2D eigenvalue weighted by Gasteiger charge is 2.25. The van der Waals surface area contributed by atoms with Gasteiger partial charge in [0.2, 0.25) is 5.91 Å². The molecule has 1 aromatic heterocycles. The molecule has 3 rings (SSSR count). The molecule has 0 bridgehead atoms. The summed E-state index contributed by atoms with van der Waals surface area (Å²) < 4.78 is 27.3. The van der Waals surface area contributed by atoms with Crippen molar-refractivity contribution in [3.05, 3.63) is 35.8 Å². The third-order valence-corrected chi connectivity index (χ3v) is 6.21. The Morgan fingerprint density at radius 1 is 1.40 bits per heavy atom. The van der Waals surface area contributed by atoms with Gasteiger partial charge < -0.3 is 10.6 Å². The maximum absolute atomic E-state index is 12.4. The highest BCUT2D eigenvalue weighted by Crippen LogP contribution is 2.22. The fourth-order valence-corrected chi connectivity index (χ4v) is 4.64. The van der Waals surface area contributed by atoms with Gasteiger partial charge in [0.15, 0.2) is 5.13 Å².